The second-order valence-corrected chi connectivity index (χ2v) is 7.07. The molecular weight excluding hydrogens is 416 g/mol. The highest BCUT2D eigenvalue weighted by Gasteiger charge is 2.31. The molecule has 3 rings (SSSR count). The molecule has 2 aromatic rings. The van der Waals surface area contributed by atoms with Gasteiger partial charge in [0.1, 0.15) is 23.7 Å². The molecular formula is C18H17BrN4O4. The predicted octanol–water partition coefficient (Wildman–Crippen LogP) is 3.01. The van der Waals surface area contributed by atoms with Crippen molar-refractivity contribution in [2.45, 2.75) is 12.5 Å². The Morgan fingerprint density at radius 2 is 2.07 bits per heavy atom. The maximum Gasteiger partial charge on any atom is 0.410 e. The van der Waals surface area contributed by atoms with Gasteiger partial charge in [-0.2, -0.15) is 0 Å². The quantitative estimate of drug-likeness (QED) is 0.689. The van der Waals surface area contributed by atoms with Gasteiger partial charge in [0.25, 0.3) is 5.91 Å². The molecule has 1 aliphatic heterocycles. The third kappa shape index (κ3) is 4.69. The minimum absolute atomic E-state index is 0.105. The molecule has 0 radical (unpaired) electrons. The molecule has 1 unspecified atom stereocenters. The Balaban J connectivity index is 1.81. The summed E-state index contributed by atoms with van der Waals surface area (Å²) in [4.78, 5) is 31.7. The topological polar surface area (TPSA) is 113 Å². The monoisotopic (exact) mass is 432 g/mol. The van der Waals surface area contributed by atoms with Crippen LogP contribution >= 0.6 is 15.9 Å². The van der Waals surface area contributed by atoms with Crippen LogP contribution in [-0.4, -0.2) is 41.1 Å². The third-order valence-corrected chi connectivity index (χ3v) is 4.43. The lowest BCUT2D eigenvalue weighted by Gasteiger charge is -2.31. The zero-order chi connectivity index (χ0) is 19.4. The minimum atomic E-state index is -1.19. The van der Waals surface area contributed by atoms with Gasteiger partial charge in [0.15, 0.2) is 0 Å². The van der Waals surface area contributed by atoms with Gasteiger partial charge in [-0.25, -0.2) is 9.78 Å². The lowest BCUT2D eigenvalue weighted by Crippen LogP contribution is -2.42. The van der Waals surface area contributed by atoms with Crippen molar-refractivity contribution in [2.75, 3.05) is 18.5 Å². The molecule has 0 saturated heterocycles. The average molecular weight is 433 g/mol. The van der Waals surface area contributed by atoms with Crippen molar-refractivity contribution in [2.24, 2.45) is 4.99 Å². The molecule has 2 amide bonds. The summed E-state index contributed by atoms with van der Waals surface area (Å²) in [6, 6.07) is 10.5. The molecule has 1 aliphatic rings. The van der Waals surface area contributed by atoms with E-state index in [0.29, 0.717) is 18.0 Å². The Labute approximate surface area is 163 Å². The number of nitrogens with zero attached hydrogens (tertiary/aromatic N) is 2. The highest BCUT2D eigenvalue weighted by Crippen LogP contribution is 2.30. The van der Waals surface area contributed by atoms with E-state index in [1.165, 1.54) is 0 Å². The van der Waals surface area contributed by atoms with Crippen LogP contribution in [0, 0.1) is 0 Å². The number of amides is 2. The molecule has 0 fully saturated rings. The van der Waals surface area contributed by atoms with E-state index in [0.717, 1.165) is 10.0 Å². The maximum absolute atomic E-state index is 12.3. The normalized spacial score (nSPS) is 19.1. The van der Waals surface area contributed by atoms with Crippen molar-refractivity contribution < 1.29 is 19.4 Å². The van der Waals surface area contributed by atoms with E-state index in [1.54, 1.807) is 36.5 Å². The molecule has 0 bridgehead atoms. The number of halogens is 1. The molecule has 1 aromatic carbocycles. The largest absolute Gasteiger partial charge is 0.465 e. The molecule has 27 heavy (non-hydrogen) atoms. The van der Waals surface area contributed by atoms with Gasteiger partial charge in [-0.3, -0.25) is 15.1 Å². The van der Waals surface area contributed by atoms with E-state index in [1.807, 2.05) is 13.0 Å². The lowest BCUT2D eigenvalue weighted by atomic mass is 9.92. The summed E-state index contributed by atoms with van der Waals surface area (Å²) in [7, 11) is 0. The van der Waals surface area contributed by atoms with Gasteiger partial charge in [0, 0.05) is 16.4 Å². The number of nitrogens with one attached hydrogen (secondary N) is 2. The number of carbonyl (C=O) groups is 2. The molecule has 1 aromatic heterocycles. The predicted molar refractivity (Wildman–Crippen MR) is 103 cm³/mol. The number of ether oxygens (including phenoxy) is 1. The van der Waals surface area contributed by atoms with E-state index in [2.05, 4.69) is 36.5 Å². The van der Waals surface area contributed by atoms with Crippen LogP contribution in [-0.2, 0) is 10.3 Å². The van der Waals surface area contributed by atoms with Crippen LogP contribution in [0.5, 0.6) is 0 Å². The summed E-state index contributed by atoms with van der Waals surface area (Å²) in [5.74, 6) is -0.0915. The third-order valence-electron chi connectivity index (χ3n) is 3.96. The van der Waals surface area contributed by atoms with Crippen LogP contribution in [0.25, 0.3) is 0 Å². The number of carboxylic acid groups (broad SMARTS) is 1. The summed E-state index contributed by atoms with van der Waals surface area (Å²) in [5, 5.41) is 13.9. The number of aromatic nitrogens is 1. The Morgan fingerprint density at radius 1 is 1.26 bits per heavy atom. The van der Waals surface area contributed by atoms with E-state index in [9.17, 15) is 9.59 Å². The van der Waals surface area contributed by atoms with E-state index >= 15 is 0 Å². The first-order chi connectivity index (χ1) is 12.9. The number of pyridine rings is 1. The summed E-state index contributed by atoms with van der Waals surface area (Å²) in [6.45, 7) is 2.24. The second-order valence-electron chi connectivity index (χ2n) is 6.15. The number of aliphatic imine (C=N–C) groups is 1. The van der Waals surface area contributed by atoms with Crippen LogP contribution in [0.3, 0.4) is 0 Å². The van der Waals surface area contributed by atoms with Crippen LogP contribution < -0.4 is 10.6 Å². The van der Waals surface area contributed by atoms with E-state index < -0.39 is 11.6 Å². The van der Waals surface area contributed by atoms with Gasteiger partial charge in [-0.05, 0) is 52.7 Å². The van der Waals surface area contributed by atoms with Crippen LogP contribution in [0.2, 0.25) is 0 Å². The lowest BCUT2D eigenvalue weighted by molar-refractivity contribution is 0.102. The van der Waals surface area contributed by atoms with Crippen molar-refractivity contribution in [3.63, 3.8) is 0 Å². The van der Waals surface area contributed by atoms with Gasteiger partial charge >= 0.3 is 6.09 Å². The minimum Gasteiger partial charge on any atom is -0.465 e. The number of hydrogen-bond donors (Lipinski definition) is 3. The fourth-order valence-corrected chi connectivity index (χ4v) is 2.92. The van der Waals surface area contributed by atoms with E-state index in [4.69, 9.17) is 9.84 Å². The van der Waals surface area contributed by atoms with E-state index in [-0.39, 0.29) is 18.3 Å². The molecule has 0 spiro atoms. The molecule has 1 atom stereocenters. The molecule has 9 heteroatoms. The first-order valence-electron chi connectivity index (χ1n) is 8.06. The van der Waals surface area contributed by atoms with Crippen molar-refractivity contribution in [3.05, 3.63) is 58.3 Å². The molecule has 140 valence electrons. The molecule has 8 nitrogen and oxygen atoms in total. The summed E-state index contributed by atoms with van der Waals surface area (Å²) >= 11 is 3.28. The van der Waals surface area contributed by atoms with Gasteiger partial charge in [0.2, 0.25) is 0 Å². The van der Waals surface area contributed by atoms with Crippen molar-refractivity contribution in [3.8, 4) is 0 Å². The number of benzene rings is 1. The fourth-order valence-electron chi connectivity index (χ4n) is 2.68. The SMILES string of the molecule is CC1(c2cccc(NC(=O)c3ccc(Br)cn3)c2)COCC(NC(=O)O)=N1. The zero-order valence-corrected chi connectivity index (χ0v) is 16.0. The maximum atomic E-state index is 12.3. The Kier molecular flexibility index (Phi) is 5.52. The smallest absolute Gasteiger partial charge is 0.410 e. The van der Waals surface area contributed by atoms with Crippen LogP contribution in [0.4, 0.5) is 10.5 Å². The number of hydrogen-bond acceptors (Lipinski definition) is 5. The standard InChI is InChI=1S/C18H17BrN4O4/c1-18(10-27-9-15(23-18)22-17(25)26)11-3-2-4-13(7-11)21-16(24)14-6-5-12(19)8-20-14/h2-8H,9-10H2,1H3,(H,21,24)(H,22,23)(H,25,26). The fraction of sp³-hybridized carbons (Fsp3) is 0.222. The summed E-state index contributed by atoms with van der Waals surface area (Å²) in [5.41, 5.74) is 0.888. The number of amidine groups is 1. The van der Waals surface area contributed by atoms with Crippen LogP contribution in [0.1, 0.15) is 23.0 Å². The number of anilines is 1. The van der Waals surface area contributed by atoms with Crippen molar-refractivity contribution in [1.82, 2.24) is 10.3 Å². The molecule has 3 N–H and O–H groups in total. The summed E-state index contributed by atoms with van der Waals surface area (Å²) < 4.78 is 6.28. The van der Waals surface area contributed by atoms with Gasteiger partial charge in [-0.15, -0.1) is 0 Å². The van der Waals surface area contributed by atoms with Gasteiger partial charge in [0.05, 0.1) is 6.61 Å². The van der Waals surface area contributed by atoms with Crippen molar-refractivity contribution in [1.29, 1.82) is 0 Å². The second kappa shape index (κ2) is 7.85. The summed E-state index contributed by atoms with van der Waals surface area (Å²) in [6.07, 6.45) is 0.363. The van der Waals surface area contributed by atoms with Crippen LogP contribution in [0.15, 0.2) is 52.1 Å². The first kappa shape index (κ1) is 19.0. The molecule has 0 saturated carbocycles. The zero-order valence-electron chi connectivity index (χ0n) is 14.4. The number of rotatable bonds is 3. The molecule has 2 heterocycles. The van der Waals surface area contributed by atoms with Crippen molar-refractivity contribution >= 4 is 39.5 Å². The Bertz CT molecular complexity index is 900. The number of carbonyl (C=O) groups excluding carboxylic acids is 1. The average Bonchev–Trinajstić information content (AvgIpc) is 2.62. The molecule has 0 aliphatic carbocycles. The Morgan fingerprint density at radius 3 is 2.78 bits per heavy atom. The highest BCUT2D eigenvalue weighted by molar-refractivity contribution is 9.10. The first-order valence-corrected chi connectivity index (χ1v) is 8.85. The van der Waals surface area contributed by atoms with Gasteiger partial charge in [-0.1, -0.05) is 12.1 Å². The Hall–Kier alpha value is -2.78. The highest BCUT2D eigenvalue weighted by atomic mass is 79.9. The van der Waals surface area contributed by atoms with Gasteiger partial charge < -0.3 is 15.2 Å².